The van der Waals surface area contributed by atoms with E-state index in [1.54, 1.807) is 30.5 Å². The van der Waals surface area contributed by atoms with E-state index in [9.17, 15) is 4.79 Å². The summed E-state index contributed by atoms with van der Waals surface area (Å²) in [7, 11) is 0. The van der Waals surface area contributed by atoms with E-state index in [0.717, 1.165) is 21.8 Å². The Morgan fingerprint density at radius 1 is 1.00 bits per heavy atom. The van der Waals surface area contributed by atoms with Crippen LogP contribution in [0.25, 0.3) is 21.8 Å². The van der Waals surface area contributed by atoms with Crippen LogP contribution in [0.4, 0.5) is 0 Å². The van der Waals surface area contributed by atoms with E-state index in [0.29, 0.717) is 10.6 Å². The molecular weight excluding hydrogens is 320 g/mol. The number of pyridine rings is 2. The van der Waals surface area contributed by atoms with Crippen LogP contribution in [0.3, 0.4) is 0 Å². The summed E-state index contributed by atoms with van der Waals surface area (Å²) >= 11 is 5.89. The summed E-state index contributed by atoms with van der Waals surface area (Å²) in [6, 6.07) is 19.0. The molecule has 0 spiro atoms. The molecule has 4 heteroatoms. The molecule has 4 aromatic rings. The lowest BCUT2D eigenvalue weighted by Crippen LogP contribution is -2.38. The highest BCUT2D eigenvalue weighted by molar-refractivity contribution is 6.30. The second-order valence-corrected chi connectivity index (χ2v) is 6.08. The summed E-state index contributed by atoms with van der Waals surface area (Å²) in [6.07, 6.45) is 3.71. The fourth-order valence-electron chi connectivity index (χ4n) is 2.91. The smallest absolute Gasteiger partial charge is 0.227 e. The number of aromatic nitrogens is 2. The second kappa shape index (κ2) is 6.02. The van der Waals surface area contributed by atoms with Gasteiger partial charge in [0.25, 0.3) is 0 Å². The van der Waals surface area contributed by atoms with Gasteiger partial charge in [-0.15, -0.1) is 0 Å². The molecule has 0 amide bonds. The van der Waals surface area contributed by atoms with E-state index in [2.05, 4.69) is 4.98 Å². The first kappa shape index (κ1) is 14.8. The van der Waals surface area contributed by atoms with Crippen molar-refractivity contribution in [2.24, 2.45) is 0 Å². The SMILES string of the molecule is O=C(C[n+]1cccc2c3ncccc3ccc21)c1ccc(Cl)cc1. The van der Waals surface area contributed by atoms with E-state index in [1.165, 1.54) is 0 Å². The Morgan fingerprint density at radius 2 is 1.83 bits per heavy atom. The maximum atomic E-state index is 12.6. The van der Waals surface area contributed by atoms with Crippen LogP contribution in [-0.4, -0.2) is 10.8 Å². The van der Waals surface area contributed by atoms with Crippen LogP contribution in [0.2, 0.25) is 5.02 Å². The number of ketones is 1. The Morgan fingerprint density at radius 3 is 2.67 bits per heavy atom. The summed E-state index contributed by atoms with van der Waals surface area (Å²) in [6.45, 7) is 0.275. The fraction of sp³-hybridized carbons (Fsp3) is 0.0500. The average Bonchev–Trinajstić information content (AvgIpc) is 2.62. The van der Waals surface area contributed by atoms with Gasteiger partial charge in [0, 0.05) is 34.3 Å². The Labute approximate surface area is 144 Å². The van der Waals surface area contributed by atoms with Crippen molar-refractivity contribution in [2.75, 3.05) is 0 Å². The topological polar surface area (TPSA) is 33.8 Å². The number of carbonyl (C=O) groups excluding carboxylic acids is 1. The van der Waals surface area contributed by atoms with Gasteiger partial charge in [-0.05, 0) is 42.5 Å². The van der Waals surface area contributed by atoms with E-state index >= 15 is 0 Å². The van der Waals surface area contributed by atoms with Crippen molar-refractivity contribution < 1.29 is 9.36 Å². The third-order valence-corrected chi connectivity index (χ3v) is 4.36. The van der Waals surface area contributed by atoms with Crippen molar-refractivity contribution in [3.8, 4) is 0 Å². The molecule has 0 bridgehead atoms. The molecule has 0 fully saturated rings. The number of carbonyl (C=O) groups is 1. The molecule has 2 aromatic heterocycles. The monoisotopic (exact) mass is 333 g/mol. The van der Waals surface area contributed by atoms with Crippen LogP contribution in [0.15, 0.2) is 73.1 Å². The van der Waals surface area contributed by atoms with Gasteiger partial charge in [-0.1, -0.05) is 17.7 Å². The molecule has 0 atom stereocenters. The minimum Gasteiger partial charge on any atom is -0.287 e. The van der Waals surface area contributed by atoms with Crippen LogP contribution < -0.4 is 4.57 Å². The molecule has 116 valence electrons. The zero-order chi connectivity index (χ0) is 16.5. The van der Waals surface area contributed by atoms with Crippen LogP contribution in [0.1, 0.15) is 10.4 Å². The van der Waals surface area contributed by atoms with Crippen molar-refractivity contribution in [1.29, 1.82) is 0 Å². The molecule has 0 aliphatic heterocycles. The molecule has 0 unspecified atom stereocenters. The Bertz CT molecular complexity index is 1060. The van der Waals surface area contributed by atoms with Gasteiger partial charge in [-0.2, -0.15) is 4.57 Å². The molecule has 0 aliphatic carbocycles. The van der Waals surface area contributed by atoms with Gasteiger partial charge >= 0.3 is 0 Å². The molecular formula is C20H14ClN2O+. The van der Waals surface area contributed by atoms with Crippen LogP contribution in [0, 0.1) is 0 Å². The number of fused-ring (bicyclic) bond motifs is 3. The summed E-state index contributed by atoms with van der Waals surface area (Å²) in [5.74, 6) is 0.0466. The van der Waals surface area contributed by atoms with Gasteiger partial charge in [-0.3, -0.25) is 9.78 Å². The first-order valence-electron chi connectivity index (χ1n) is 7.67. The molecule has 0 saturated carbocycles. The molecule has 0 saturated heterocycles. The van der Waals surface area contributed by atoms with Crippen LogP contribution in [0.5, 0.6) is 0 Å². The molecule has 4 rings (SSSR count). The number of halogens is 1. The largest absolute Gasteiger partial charge is 0.287 e. The predicted octanol–water partition coefficient (Wildman–Crippen LogP) is 4.21. The first-order valence-corrected chi connectivity index (χ1v) is 8.05. The molecule has 0 radical (unpaired) electrons. The number of rotatable bonds is 3. The van der Waals surface area contributed by atoms with Crippen LogP contribution >= 0.6 is 11.6 Å². The fourth-order valence-corrected chi connectivity index (χ4v) is 3.04. The summed E-state index contributed by atoms with van der Waals surface area (Å²) in [5, 5.41) is 2.76. The number of hydrogen-bond donors (Lipinski definition) is 0. The zero-order valence-electron chi connectivity index (χ0n) is 12.8. The molecule has 0 N–H and O–H groups in total. The van der Waals surface area contributed by atoms with Gasteiger partial charge in [-0.25, -0.2) is 0 Å². The Kier molecular flexibility index (Phi) is 3.71. The van der Waals surface area contributed by atoms with Crippen LogP contribution in [-0.2, 0) is 6.54 Å². The van der Waals surface area contributed by atoms with E-state index in [1.807, 2.05) is 47.2 Å². The highest BCUT2D eigenvalue weighted by atomic mass is 35.5. The third kappa shape index (κ3) is 2.63. The second-order valence-electron chi connectivity index (χ2n) is 5.64. The maximum Gasteiger partial charge on any atom is 0.227 e. The van der Waals surface area contributed by atoms with Gasteiger partial charge in [0.1, 0.15) is 0 Å². The van der Waals surface area contributed by atoms with Gasteiger partial charge in [0.2, 0.25) is 17.8 Å². The highest BCUT2D eigenvalue weighted by Crippen LogP contribution is 2.21. The lowest BCUT2D eigenvalue weighted by molar-refractivity contribution is -0.657. The van der Waals surface area contributed by atoms with Gasteiger partial charge in [0.15, 0.2) is 6.20 Å². The molecule has 0 aliphatic rings. The summed E-state index contributed by atoms with van der Waals surface area (Å²) in [4.78, 5) is 17.0. The molecule has 24 heavy (non-hydrogen) atoms. The summed E-state index contributed by atoms with van der Waals surface area (Å²) < 4.78 is 1.96. The lowest BCUT2D eigenvalue weighted by Gasteiger charge is -2.04. The lowest BCUT2D eigenvalue weighted by atomic mass is 10.1. The quantitative estimate of drug-likeness (QED) is 0.320. The normalized spacial score (nSPS) is 11.0. The zero-order valence-corrected chi connectivity index (χ0v) is 13.6. The minimum atomic E-state index is 0.0466. The van der Waals surface area contributed by atoms with Crippen molar-refractivity contribution >= 4 is 39.2 Å². The predicted molar refractivity (Wildman–Crippen MR) is 95.2 cm³/mol. The van der Waals surface area contributed by atoms with Crippen molar-refractivity contribution in [3.63, 3.8) is 0 Å². The van der Waals surface area contributed by atoms with Gasteiger partial charge in [0.05, 0.1) is 10.9 Å². The molecule has 2 heterocycles. The van der Waals surface area contributed by atoms with E-state index in [-0.39, 0.29) is 12.3 Å². The third-order valence-electron chi connectivity index (χ3n) is 4.11. The molecule has 2 aromatic carbocycles. The van der Waals surface area contributed by atoms with Gasteiger partial charge < -0.3 is 0 Å². The highest BCUT2D eigenvalue weighted by Gasteiger charge is 2.16. The Balaban J connectivity index is 1.78. The number of nitrogens with zero attached hydrogens (tertiary/aromatic N) is 2. The first-order chi connectivity index (χ1) is 11.7. The van der Waals surface area contributed by atoms with Crippen molar-refractivity contribution in [1.82, 2.24) is 4.98 Å². The molecule has 3 nitrogen and oxygen atoms in total. The van der Waals surface area contributed by atoms with E-state index in [4.69, 9.17) is 11.6 Å². The number of hydrogen-bond acceptors (Lipinski definition) is 2. The number of benzene rings is 2. The summed E-state index contributed by atoms with van der Waals surface area (Å²) in [5.41, 5.74) is 2.59. The minimum absolute atomic E-state index is 0.0466. The Hall–Kier alpha value is -2.78. The maximum absolute atomic E-state index is 12.6. The van der Waals surface area contributed by atoms with E-state index < -0.39 is 0 Å². The number of Topliss-reactive ketones (excluding diaryl/α,β-unsaturated/α-hetero) is 1. The average molecular weight is 334 g/mol. The standard InChI is InChI=1S/C20H14ClN2O/c21-16-8-5-14(6-9-16)19(24)13-23-12-2-4-17-18(23)10-7-15-3-1-11-22-20(15)17/h1-12H,13H2/q+1. The van der Waals surface area contributed by atoms with Crippen molar-refractivity contribution in [3.05, 3.63) is 83.6 Å². The van der Waals surface area contributed by atoms with Crippen molar-refractivity contribution in [2.45, 2.75) is 6.54 Å².